The first-order chi connectivity index (χ1) is 11.4. The van der Waals surface area contributed by atoms with E-state index in [-0.39, 0.29) is 5.91 Å². The number of primary amides is 1. The molecule has 3 rings (SSSR count). The van der Waals surface area contributed by atoms with Crippen LogP contribution >= 0.6 is 65.8 Å². The van der Waals surface area contributed by atoms with Crippen molar-refractivity contribution in [3.63, 3.8) is 0 Å². The lowest BCUT2D eigenvalue weighted by Crippen LogP contribution is -2.19. The van der Waals surface area contributed by atoms with Gasteiger partial charge in [0.25, 0.3) is 11.8 Å². The van der Waals surface area contributed by atoms with Crippen LogP contribution in [0.3, 0.4) is 0 Å². The molecule has 0 bridgehead atoms. The molecule has 3 N–H and O–H groups in total. The predicted octanol–water partition coefficient (Wildman–Crippen LogP) is 5.11. The minimum atomic E-state index is -0.477. The van der Waals surface area contributed by atoms with Crippen molar-refractivity contribution in [3.05, 3.63) is 46.2 Å². The lowest BCUT2D eigenvalue weighted by molar-refractivity contribution is 0.100. The summed E-state index contributed by atoms with van der Waals surface area (Å²) in [4.78, 5) is 25.8. The maximum Gasteiger partial charge on any atom is 0.257 e. The number of halogens is 3. The smallest absolute Gasteiger partial charge is 0.257 e. The van der Waals surface area contributed by atoms with Crippen molar-refractivity contribution < 1.29 is 9.59 Å². The van der Waals surface area contributed by atoms with Gasteiger partial charge >= 0.3 is 0 Å². The Labute approximate surface area is 174 Å². The molecule has 1 aromatic heterocycles. The summed E-state index contributed by atoms with van der Waals surface area (Å²) in [5, 5.41) is 3.45. The van der Waals surface area contributed by atoms with Crippen LogP contribution in [-0.2, 0) is 12.8 Å². The second-order valence-corrected chi connectivity index (χ2v) is 9.44. The molecule has 0 atom stereocenters. The molecule has 126 valence electrons. The average Bonchev–Trinajstić information content (AvgIpc) is 2.88. The summed E-state index contributed by atoms with van der Waals surface area (Å²) in [7, 11) is 0. The lowest BCUT2D eigenvalue weighted by atomic mass is 9.95. The molecule has 1 aliphatic rings. The Bertz CT molecular complexity index is 851. The van der Waals surface area contributed by atoms with Gasteiger partial charge in [0.2, 0.25) is 0 Å². The molecule has 1 aromatic carbocycles. The first-order valence-corrected chi connectivity index (χ1v) is 10.8. The van der Waals surface area contributed by atoms with E-state index in [2.05, 4.69) is 59.8 Å². The molecule has 0 radical (unpaired) electrons. The first-order valence-electron chi connectivity index (χ1n) is 7.28. The summed E-state index contributed by atoms with van der Waals surface area (Å²) in [6.45, 7) is 0. The van der Waals surface area contributed by atoms with Crippen LogP contribution < -0.4 is 11.1 Å². The van der Waals surface area contributed by atoms with E-state index in [0.29, 0.717) is 16.1 Å². The molecule has 0 unspecified atom stereocenters. The van der Waals surface area contributed by atoms with Crippen LogP contribution in [0.5, 0.6) is 0 Å². The average molecular weight is 584 g/mol. The number of aryl methyl sites for hydroxylation is 1. The number of fused-ring (bicyclic) bond motifs is 1. The van der Waals surface area contributed by atoms with Crippen LogP contribution in [0.2, 0.25) is 0 Å². The van der Waals surface area contributed by atoms with Gasteiger partial charge in [0, 0.05) is 17.4 Å². The van der Waals surface area contributed by atoms with Crippen molar-refractivity contribution in [2.75, 3.05) is 5.32 Å². The van der Waals surface area contributed by atoms with Crippen LogP contribution in [0.15, 0.2) is 21.1 Å². The Kier molecular flexibility index (Phi) is 5.68. The highest BCUT2D eigenvalue weighted by molar-refractivity contribution is 14.1. The van der Waals surface area contributed by atoms with Crippen LogP contribution in [0, 0.1) is 3.57 Å². The molecule has 24 heavy (non-hydrogen) atoms. The fourth-order valence-electron chi connectivity index (χ4n) is 2.81. The summed E-state index contributed by atoms with van der Waals surface area (Å²) in [6.07, 6.45) is 3.94. The van der Waals surface area contributed by atoms with Crippen LogP contribution in [0.4, 0.5) is 5.00 Å². The quantitative estimate of drug-likeness (QED) is 0.389. The highest BCUT2D eigenvalue weighted by Crippen LogP contribution is 2.38. The maximum atomic E-state index is 12.7. The second kappa shape index (κ2) is 7.43. The number of thiophene rings is 1. The fourth-order valence-corrected chi connectivity index (χ4v) is 5.88. The molecule has 1 aliphatic carbocycles. The van der Waals surface area contributed by atoms with Crippen LogP contribution in [-0.4, -0.2) is 11.8 Å². The molecule has 1 heterocycles. The highest BCUT2D eigenvalue weighted by Gasteiger charge is 2.25. The number of carbonyl (C=O) groups is 2. The van der Waals surface area contributed by atoms with Gasteiger partial charge in [-0.2, -0.15) is 0 Å². The molecule has 0 fully saturated rings. The number of carbonyl (C=O) groups excluding carboxylic acids is 2. The molecule has 0 saturated carbocycles. The Morgan fingerprint density at radius 1 is 1.21 bits per heavy atom. The number of benzene rings is 1. The number of anilines is 1. The van der Waals surface area contributed by atoms with Gasteiger partial charge in [0.05, 0.1) is 11.1 Å². The zero-order valence-corrected chi connectivity index (χ0v) is 18.6. The molecule has 0 aliphatic heterocycles. The van der Waals surface area contributed by atoms with Crippen molar-refractivity contribution >= 4 is 82.6 Å². The van der Waals surface area contributed by atoms with E-state index in [1.807, 2.05) is 6.07 Å². The number of hydrogen-bond donors (Lipinski definition) is 2. The number of hydrogen-bond acceptors (Lipinski definition) is 3. The minimum absolute atomic E-state index is 0.248. The Hall–Kier alpha value is -0.450. The molecule has 8 heteroatoms. The monoisotopic (exact) mass is 582 g/mol. The van der Waals surface area contributed by atoms with Gasteiger partial charge in [-0.3, -0.25) is 9.59 Å². The van der Waals surface area contributed by atoms with E-state index in [1.54, 1.807) is 6.07 Å². The Morgan fingerprint density at radius 2 is 1.92 bits per heavy atom. The third-order valence-corrected chi connectivity index (χ3v) is 8.08. The topological polar surface area (TPSA) is 72.2 Å². The summed E-state index contributed by atoms with van der Waals surface area (Å²) < 4.78 is 2.46. The standard InChI is InChI=1S/C16H13Br2IN2O2S/c17-7-5-9(13(19)10(18)6-7)15(23)21-16-12(14(20)22)8-3-1-2-4-11(8)24-16/h5-6H,1-4H2,(H2,20,22)(H,21,23). The zero-order chi connectivity index (χ0) is 17.4. The number of nitrogens with two attached hydrogens (primary N) is 1. The van der Waals surface area contributed by atoms with Crippen molar-refractivity contribution in [1.29, 1.82) is 0 Å². The third-order valence-electron chi connectivity index (χ3n) is 3.88. The molecule has 0 spiro atoms. The molecule has 2 aromatic rings. The van der Waals surface area contributed by atoms with Crippen molar-refractivity contribution in [2.24, 2.45) is 5.73 Å². The summed E-state index contributed by atoms with van der Waals surface area (Å²) in [6, 6.07) is 3.65. The lowest BCUT2D eigenvalue weighted by Gasteiger charge is -2.11. The minimum Gasteiger partial charge on any atom is -0.365 e. The molecule has 0 saturated heterocycles. The zero-order valence-electron chi connectivity index (χ0n) is 12.4. The molecule has 2 amide bonds. The third kappa shape index (κ3) is 3.56. The van der Waals surface area contributed by atoms with Gasteiger partial charge in [-0.05, 0) is 81.9 Å². The largest absolute Gasteiger partial charge is 0.365 e. The molecule has 4 nitrogen and oxygen atoms in total. The van der Waals surface area contributed by atoms with E-state index >= 15 is 0 Å². The van der Waals surface area contributed by atoms with Gasteiger partial charge in [0.1, 0.15) is 5.00 Å². The number of amides is 2. The van der Waals surface area contributed by atoms with Gasteiger partial charge in [-0.15, -0.1) is 11.3 Å². The van der Waals surface area contributed by atoms with Gasteiger partial charge < -0.3 is 11.1 Å². The highest BCUT2D eigenvalue weighted by atomic mass is 127. The van der Waals surface area contributed by atoms with E-state index in [1.165, 1.54) is 11.3 Å². The fraction of sp³-hybridized carbons (Fsp3) is 0.250. The second-order valence-electron chi connectivity index (χ2n) is 5.48. The Morgan fingerprint density at radius 3 is 2.62 bits per heavy atom. The van der Waals surface area contributed by atoms with E-state index in [4.69, 9.17) is 5.73 Å². The van der Waals surface area contributed by atoms with Gasteiger partial charge in [-0.25, -0.2) is 0 Å². The van der Waals surface area contributed by atoms with E-state index in [0.717, 1.165) is 48.6 Å². The number of rotatable bonds is 3. The number of nitrogens with one attached hydrogen (secondary N) is 1. The van der Waals surface area contributed by atoms with E-state index < -0.39 is 5.91 Å². The SMILES string of the molecule is NC(=O)c1c(NC(=O)c2cc(Br)cc(Br)c2I)sc2c1CCCC2. The Balaban J connectivity index is 1.98. The normalized spacial score (nSPS) is 13.5. The maximum absolute atomic E-state index is 12.7. The molecular weight excluding hydrogens is 571 g/mol. The van der Waals surface area contributed by atoms with Gasteiger partial charge in [-0.1, -0.05) is 15.9 Å². The van der Waals surface area contributed by atoms with Crippen molar-refractivity contribution in [2.45, 2.75) is 25.7 Å². The first kappa shape index (κ1) is 18.3. The van der Waals surface area contributed by atoms with Crippen molar-refractivity contribution in [3.8, 4) is 0 Å². The molecular formula is C16H13Br2IN2O2S. The van der Waals surface area contributed by atoms with E-state index in [9.17, 15) is 9.59 Å². The van der Waals surface area contributed by atoms with Gasteiger partial charge in [0.15, 0.2) is 0 Å². The summed E-state index contributed by atoms with van der Waals surface area (Å²) >= 11 is 10.4. The predicted molar refractivity (Wildman–Crippen MR) is 112 cm³/mol. The van der Waals surface area contributed by atoms with Crippen LogP contribution in [0.1, 0.15) is 44.0 Å². The summed E-state index contributed by atoms with van der Waals surface area (Å²) in [5.74, 6) is -0.725. The van der Waals surface area contributed by atoms with Crippen molar-refractivity contribution in [1.82, 2.24) is 0 Å². The summed E-state index contributed by atoms with van der Waals surface area (Å²) in [5.41, 5.74) is 7.61. The van der Waals surface area contributed by atoms with Crippen LogP contribution in [0.25, 0.3) is 0 Å².